The molecule has 0 saturated carbocycles. The highest BCUT2D eigenvalue weighted by molar-refractivity contribution is 14.0. The standard InChI is InChI=1S/C25H32N6O2.HI/c1-5-27-24(32)17-33-22-11-8-9-20(14-22)15-28-25(26-4)29-16-21-10-6-7-12-23(21)31-19(3)13-18(2)30-31;/h6-14H,5,15-17H2,1-4H3,(H,27,32)(H2,26,28,29);1H. The van der Waals surface area contributed by atoms with E-state index < -0.39 is 0 Å². The van der Waals surface area contributed by atoms with Gasteiger partial charge in [0.15, 0.2) is 12.6 Å². The number of benzene rings is 2. The van der Waals surface area contributed by atoms with Crippen LogP contribution in [-0.2, 0) is 17.9 Å². The number of aryl methyl sites for hydroxylation is 2. The number of para-hydroxylation sites is 1. The fourth-order valence-electron chi connectivity index (χ4n) is 3.47. The molecule has 182 valence electrons. The number of carbonyl (C=O) groups excluding carboxylic acids is 1. The van der Waals surface area contributed by atoms with E-state index in [2.05, 4.69) is 51.2 Å². The van der Waals surface area contributed by atoms with E-state index in [0.717, 1.165) is 28.2 Å². The lowest BCUT2D eigenvalue weighted by atomic mass is 10.1. The van der Waals surface area contributed by atoms with Crippen molar-refractivity contribution in [2.45, 2.75) is 33.9 Å². The van der Waals surface area contributed by atoms with Crippen LogP contribution in [0.4, 0.5) is 0 Å². The first-order valence-corrected chi connectivity index (χ1v) is 11.0. The molecule has 34 heavy (non-hydrogen) atoms. The molecular formula is C25H33IN6O2. The third kappa shape index (κ3) is 7.75. The lowest BCUT2D eigenvalue weighted by Gasteiger charge is -2.15. The normalized spacial score (nSPS) is 10.9. The highest BCUT2D eigenvalue weighted by atomic mass is 127. The van der Waals surface area contributed by atoms with Gasteiger partial charge in [-0.15, -0.1) is 24.0 Å². The Bertz CT molecular complexity index is 1110. The van der Waals surface area contributed by atoms with Gasteiger partial charge in [-0.3, -0.25) is 9.79 Å². The Morgan fingerprint density at radius 2 is 1.79 bits per heavy atom. The molecule has 0 unspecified atom stereocenters. The van der Waals surface area contributed by atoms with Crippen LogP contribution in [0.5, 0.6) is 5.75 Å². The van der Waals surface area contributed by atoms with Crippen molar-refractivity contribution < 1.29 is 9.53 Å². The predicted molar refractivity (Wildman–Crippen MR) is 146 cm³/mol. The number of nitrogens with one attached hydrogen (secondary N) is 3. The van der Waals surface area contributed by atoms with Crippen molar-refractivity contribution in [1.29, 1.82) is 0 Å². The molecule has 3 aromatic rings. The summed E-state index contributed by atoms with van der Waals surface area (Å²) in [5.74, 6) is 1.21. The van der Waals surface area contributed by atoms with E-state index in [4.69, 9.17) is 4.74 Å². The first kappa shape index (κ1) is 27.2. The summed E-state index contributed by atoms with van der Waals surface area (Å²) in [4.78, 5) is 15.9. The van der Waals surface area contributed by atoms with E-state index in [1.165, 1.54) is 0 Å². The molecule has 0 aliphatic carbocycles. The molecule has 3 rings (SSSR count). The molecule has 0 radical (unpaired) electrons. The van der Waals surface area contributed by atoms with Crippen molar-refractivity contribution in [3.8, 4) is 11.4 Å². The lowest BCUT2D eigenvalue weighted by molar-refractivity contribution is -0.122. The number of nitrogens with zero attached hydrogens (tertiary/aromatic N) is 3. The molecule has 0 fully saturated rings. The van der Waals surface area contributed by atoms with Gasteiger partial charge in [-0.2, -0.15) is 5.10 Å². The van der Waals surface area contributed by atoms with Crippen LogP contribution in [0.25, 0.3) is 5.69 Å². The first-order chi connectivity index (χ1) is 16.0. The summed E-state index contributed by atoms with van der Waals surface area (Å²) in [7, 11) is 1.74. The van der Waals surface area contributed by atoms with Gasteiger partial charge >= 0.3 is 0 Å². The Hall–Kier alpha value is -3.08. The van der Waals surface area contributed by atoms with E-state index in [1.807, 2.05) is 54.9 Å². The van der Waals surface area contributed by atoms with Gasteiger partial charge in [0, 0.05) is 32.4 Å². The van der Waals surface area contributed by atoms with E-state index in [1.54, 1.807) is 7.05 Å². The molecule has 1 heterocycles. The molecule has 3 N–H and O–H groups in total. The Kier molecular flexibility index (Phi) is 10.9. The van der Waals surface area contributed by atoms with Crippen LogP contribution in [0.2, 0.25) is 0 Å². The van der Waals surface area contributed by atoms with Crippen LogP contribution in [0, 0.1) is 13.8 Å². The number of rotatable bonds is 9. The molecule has 1 aromatic heterocycles. The summed E-state index contributed by atoms with van der Waals surface area (Å²) in [5.41, 5.74) is 5.27. The van der Waals surface area contributed by atoms with Crippen LogP contribution in [-0.4, -0.2) is 41.8 Å². The largest absolute Gasteiger partial charge is 0.484 e. The number of guanidine groups is 1. The number of aromatic nitrogens is 2. The minimum absolute atomic E-state index is 0. The Morgan fingerprint density at radius 3 is 2.50 bits per heavy atom. The summed E-state index contributed by atoms with van der Waals surface area (Å²) in [5, 5.41) is 14.0. The molecule has 0 atom stereocenters. The average molecular weight is 576 g/mol. The van der Waals surface area contributed by atoms with Crippen molar-refractivity contribution in [3.63, 3.8) is 0 Å². The van der Waals surface area contributed by atoms with Crippen molar-refractivity contribution in [3.05, 3.63) is 77.1 Å². The van der Waals surface area contributed by atoms with E-state index in [9.17, 15) is 4.79 Å². The van der Waals surface area contributed by atoms with Gasteiger partial charge < -0.3 is 20.7 Å². The van der Waals surface area contributed by atoms with Gasteiger partial charge in [-0.1, -0.05) is 30.3 Å². The van der Waals surface area contributed by atoms with Crippen LogP contribution in [0.3, 0.4) is 0 Å². The van der Waals surface area contributed by atoms with Gasteiger partial charge in [0.25, 0.3) is 5.91 Å². The highest BCUT2D eigenvalue weighted by Gasteiger charge is 2.09. The quantitative estimate of drug-likeness (QED) is 0.206. The smallest absolute Gasteiger partial charge is 0.257 e. The topological polar surface area (TPSA) is 92.6 Å². The maximum atomic E-state index is 11.6. The minimum Gasteiger partial charge on any atom is -0.484 e. The zero-order valence-corrected chi connectivity index (χ0v) is 22.4. The third-order valence-electron chi connectivity index (χ3n) is 5.00. The fourth-order valence-corrected chi connectivity index (χ4v) is 3.47. The molecule has 0 aliphatic rings. The van der Waals surface area contributed by atoms with Gasteiger partial charge in [-0.25, -0.2) is 4.68 Å². The van der Waals surface area contributed by atoms with E-state index >= 15 is 0 Å². The van der Waals surface area contributed by atoms with E-state index in [-0.39, 0.29) is 36.5 Å². The van der Waals surface area contributed by atoms with Crippen LogP contribution in [0.1, 0.15) is 29.4 Å². The van der Waals surface area contributed by atoms with E-state index in [0.29, 0.717) is 31.3 Å². The second kappa shape index (κ2) is 13.6. The summed E-state index contributed by atoms with van der Waals surface area (Å²) >= 11 is 0. The number of likely N-dealkylation sites (N-methyl/N-ethyl adjacent to an activating group) is 1. The molecule has 0 spiro atoms. The number of hydrogen-bond acceptors (Lipinski definition) is 4. The highest BCUT2D eigenvalue weighted by Crippen LogP contribution is 2.17. The molecule has 0 saturated heterocycles. The van der Waals surface area contributed by atoms with Gasteiger partial charge in [0.2, 0.25) is 0 Å². The van der Waals surface area contributed by atoms with Crippen molar-refractivity contribution in [1.82, 2.24) is 25.7 Å². The summed E-state index contributed by atoms with van der Waals surface area (Å²) in [6, 6.07) is 17.9. The van der Waals surface area contributed by atoms with Crippen molar-refractivity contribution in [2.75, 3.05) is 20.2 Å². The zero-order valence-electron chi connectivity index (χ0n) is 20.1. The number of carbonyl (C=O) groups is 1. The average Bonchev–Trinajstić information content (AvgIpc) is 3.16. The van der Waals surface area contributed by atoms with Gasteiger partial charge in [0.1, 0.15) is 5.75 Å². The van der Waals surface area contributed by atoms with Gasteiger partial charge in [-0.05, 0) is 56.2 Å². The predicted octanol–water partition coefficient (Wildman–Crippen LogP) is 3.49. The monoisotopic (exact) mass is 576 g/mol. The number of aliphatic imine (C=N–C) groups is 1. The molecular weight excluding hydrogens is 543 g/mol. The number of hydrogen-bond donors (Lipinski definition) is 3. The number of halogens is 1. The summed E-state index contributed by atoms with van der Waals surface area (Å²) in [6.07, 6.45) is 0. The molecule has 9 heteroatoms. The molecule has 8 nitrogen and oxygen atoms in total. The zero-order chi connectivity index (χ0) is 23.6. The van der Waals surface area contributed by atoms with Crippen molar-refractivity contribution in [2.24, 2.45) is 4.99 Å². The number of ether oxygens (including phenoxy) is 1. The third-order valence-corrected chi connectivity index (χ3v) is 5.00. The molecule has 0 aliphatic heterocycles. The number of amides is 1. The second-order valence-electron chi connectivity index (χ2n) is 7.64. The van der Waals surface area contributed by atoms with Crippen LogP contribution >= 0.6 is 24.0 Å². The maximum Gasteiger partial charge on any atom is 0.257 e. The van der Waals surface area contributed by atoms with Gasteiger partial charge in [0.05, 0.1) is 11.4 Å². The van der Waals surface area contributed by atoms with Crippen LogP contribution < -0.4 is 20.7 Å². The Morgan fingerprint density at radius 1 is 1.03 bits per heavy atom. The first-order valence-electron chi connectivity index (χ1n) is 11.0. The fraction of sp³-hybridized carbons (Fsp3) is 0.320. The second-order valence-corrected chi connectivity index (χ2v) is 7.64. The summed E-state index contributed by atoms with van der Waals surface area (Å²) < 4.78 is 7.54. The molecule has 2 aromatic carbocycles. The Balaban J connectivity index is 0.00000408. The maximum absolute atomic E-state index is 11.6. The summed E-state index contributed by atoms with van der Waals surface area (Å²) in [6.45, 7) is 7.69. The minimum atomic E-state index is -0.133. The lowest BCUT2D eigenvalue weighted by Crippen LogP contribution is -2.36. The molecule has 0 bridgehead atoms. The van der Waals surface area contributed by atoms with Crippen molar-refractivity contribution >= 4 is 35.8 Å². The molecule has 1 amide bonds. The van der Waals surface area contributed by atoms with Crippen LogP contribution in [0.15, 0.2) is 59.6 Å². The Labute approximate surface area is 218 Å². The SMILES string of the molecule is CCNC(=O)COc1cccc(CNC(=NC)NCc2ccccc2-n2nc(C)cc2C)c1.I.